The number of amides is 3. The maximum Gasteiger partial charge on any atom is 0.270 e. The third-order valence-corrected chi connectivity index (χ3v) is 5.18. The number of hydrogen-bond acceptors (Lipinski definition) is 3. The van der Waals surface area contributed by atoms with Crippen molar-refractivity contribution >= 4 is 17.7 Å². The molecule has 0 radical (unpaired) electrons. The summed E-state index contributed by atoms with van der Waals surface area (Å²) in [4.78, 5) is 41.8. The van der Waals surface area contributed by atoms with E-state index in [1.165, 1.54) is 10.5 Å². The zero-order chi connectivity index (χ0) is 20.5. The Labute approximate surface area is 170 Å². The molecule has 1 fully saturated rings. The summed E-state index contributed by atoms with van der Waals surface area (Å²) < 4.78 is 0. The Bertz CT molecular complexity index is 805. The van der Waals surface area contributed by atoms with Gasteiger partial charge in [-0.15, -0.1) is 0 Å². The summed E-state index contributed by atoms with van der Waals surface area (Å²) in [6.07, 6.45) is 4.20. The van der Waals surface area contributed by atoms with Gasteiger partial charge in [-0.1, -0.05) is 30.3 Å². The molecule has 3 N–H and O–H groups in total. The van der Waals surface area contributed by atoms with Gasteiger partial charge in [-0.05, 0) is 42.9 Å². The number of carbonyl (C=O) groups is 3. The Morgan fingerprint density at radius 3 is 2.48 bits per heavy atom. The number of nitrogens with zero attached hydrogens (tertiary/aromatic N) is 1. The van der Waals surface area contributed by atoms with E-state index in [-0.39, 0.29) is 30.2 Å². The Kier molecular flexibility index (Phi) is 7.44. The SMILES string of the molecule is O=C1CCC(c2ccccc2)CCNC(=O)CN(C(=O)c2ccc[nH]2)CCCN1. The third-order valence-electron chi connectivity index (χ3n) is 5.18. The molecule has 1 aromatic heterocycles. The van der Waals surface area contributed by atoms with Gasteiger partial charge >= 0.3 is 0 Å². The molecule has 2 heterocycles. The molecule has 0 saturated carbocycles. The summed E-state index contributed by atoms with van der Waals surface area (Å²) in [6.45, 7) is 1.38. The maximum absolute atomic E-state index is 12.7. The van der Waals surface area contributed by atoms with E-state index in [1.54, 1.807) is 18.3 Å². The van der Waals surface area contributed by atoms with Crippen molar-refractivity contribution in [2.24, 2.45) is 0 Å². The van der Waals surface area contributed by atoms with Crippen molar-refractivity contribution in [3.8, 4) is 0 Å². The average molecular weight is 396 g/mol. The van der Waals surface area contributed by atoms with E-state index in [9.17, 15) is 14.4 Å². The van der Waals surface area contributed by atoms with Gasteiger partial charge in [0.1, 0.15) is 5.69 Å². The standard InChI is InChI=1S/C22H28N4O3/c27-20-10-9-18(17-6-2-1-3-7-17)11-14-25-21(28)16-26(15-5-13-24-20)22(29)19-8-4-12-23-19/h1-4,6-8,12,18,23H,5,9-11,13-16H2,(H,24,27)(H,25,28). The molecule has 0 aliphatic carbocycles. The number of aromatic amines is 1. The largest absolute Gasteiger partial charge is 0.357 e. The van der Waals surface area contributed by atoms with Crippen molar-refractivity contribution in [1.29, 1.82) is 0 Å². The summed E-state index contributed by atoms with van der Waals surface area (Å²) in [5.74, 6) is -0.167. The van der Waals surface area contributed by atoms with Gasteiger partial charge in [-0.3, -0.25) is 14.4 Å². The molecule has 7 heteroatoms. The van der Waals surface area contributed by atoms with Crippen LogP contribution in [0.3, 0.4) is 0 Å². The lowest BCUT2D eigenvalue weighted by Gasteiger charge is -2.23. The van der Waals surface area contributed by atoms with Crippen LogP contribution in [0.15, 0.2) is 48.7 Å². The minimum atomic E-state index is -0.217. The molecule has 1 unspecified atom stereocenters. The smallest absolute Gasteiger partial charge is 0.270 e. The predicted molar refractivity (Wildman–Crippen MR) is 110 cm³/mol. The van der Waals surface area contributed by atoms with Crippen molar-refractivity contribution in [3.63, 3.8) is 0 Å². The van der Waals surface area contributed by atoms with Gasteiger partial charge in [-0.25, -0.2) is 0 Å². The number of hydrogen-bond donors (Lipinski definition) is 3. The third kappa shape index (κ3) is 6.20. The van der Waals surface area contributed by atoms with Crippen LogP contribution < -0.4 is 10.6 Å². The summed E-state index contributed by atoms with van der Waals surface area (Å²) >= 11 is 0. The number of nitrogens with one attached hydrogen (secondary N) is 3. The summed E-state index contributed by atoms with van der Waals surface area (Å²) in [5, 5.41) is 5.86. The summed E-state index contributed by atoms with van der Waals surface area (Å²) in [5.41, 5.74) is 1.62. The fourth-order valence-corrected chi connectivity index (χ4v) is 3.60. The van der Waals surface area contributed by atoms with Gasteiger partial charge in [0.15, 0.2) is 0 Å². The average Bonchev–Trinajstić information content (AvgIpc) is 3.27. The van der Waals surface area contributed by atoms with E-state index >= 15 is 0 Å². The minimum Gasteiger partial charge on any atom is -0.357 e. The first-order valence-corrected chi connectivity index (χ1v) is 10.1. The van der Waals surface area contributed by atoms with E-state index in [2.05, 4.69) is 27.8 Å². The molecule has 154 valence electrons. The molecule has 1 aliphatic rings. The molecular weight excluding hydrogens is 368 g/mol. The van der Waals surface area contributed by atoms with Gasteiger partial charge in [0, 0.05) is 32.3 Å². The Morgan fingerprint density at radius 2 is 1.72 bits per heavy atom. The van der Waals surface area contributed by atoms with Crippen molar-refractivity contribution in [1.82, 2.24) is 20.5 Å². The van der Waals surface area contributed by atoms with E-state index < -0.39 is 0 Å². The highest BCUT2D eigenvalue weighted by molar-refractivity contribution is 5.95. The van der Waals surface area contributed by atoms with Crippen LogP contribution in [-0.2, 0) is 9.59 Å². The van der Waals surface area contributed by atoms with Crippen molar-refractivity contribution < 1.29 is 14.4 Å². The van der Waals surface area contributed by atoms with E-state index in [4.69, 9.17) is 0 Å². The van der Waals surface area contributed by atoms with E-state index in [0.29, 0.717) is 38.2 Å². The lowest BCUT2D eigenvalue weighted by molar-refractivity contribution is -0.123. The molecule has 2 aromatic rings. The minimum absolute atomic E-state index is 0.00179. The zero-order valence-corrected chi connectivity index (χ0v) is 16.5. The van der Waals surface area contributed by atoms with Crippen LogP contribution in [0.2, 0.25) is 0 Å². The van der Waals surface area contributed by atoms with Crippen molar-refractivity contribution in [3.05, 3.63) is 59.9 Å². The topological polar surface area (TPSA) is 94.3 Å². The first-order valence-electron chi connectivity index (χ1n) is 10.1. The first kappa shape index (κ1) is 20.6. The normalized spacial score (nSPS) is 19.7. The predicted octanol–water partition coefficient (Wildman–Crippen LogP) is 2.05. The Balaban J connectivity index is 1.67. The second-order valence-electron chi connectivity index (χ2n) is 7.30. The van der Waals surface area contributed by atoms with Crippen LogP contribution >= 0.6 is 0 Å². The number of carbonyl (C=O) groups excluding carboxylic acids is 3. The quantitative estimate of drug-likeness (QED) is 0.725. The van der Waals surface area contributed by atoms with Crippen LogP contribution in [0.25, 0.3) is 0 Å². The van der Waals surface area contributed by atoms with Crippen LogP contribution in [0, 0.1) is 0 Å². The molecule has 0 bridgehead atoms. The summed E-state index contributed by atoms with van der Waals surface area (Å²) in [7, 11) is 0. The zero-order valence-electron chi connectivity index (χ0n) is 16.5. The molecule has 1 aliphatic heterocycles. The molecule has 3 rings (SSSR count). The Hall–Kier alpha value is -3.09. The van der Waals surface area contributed by atoms with Crippen LogP contribution in [0.5, 0.6) is 0 Å². The lowest BCUT2D eigenvalue weighted by atomic mass is 9.91. The number of H-pyrrole nitrogens is 1. The van der Waals surface area contributed by atoms with Gasteiger partial charge in [0.25, 0.3) is 5.91 Å². The highest BCUT2D eigenvalue weighted by atomic mass is 16.2. The molecule has 29 heavy (non-hydrogen) atoms. The molecule has 3 amide bonds. The van der Waals surface area contributed by atoms with Crippen molar-refractivity contribution in [2.45, 2.75) is 31.6 Å². The van der Waals surface area contributed by atoms with Crippen molar-refractivity contribution in [2.75, 3.05) is 26.2 Å². The van der Waals surface area contributed by atoms with Crippen LogP contribution in [0.1, 0.15) is 47.7 Å². The maximum atomic E-state index is 12.7. The first-order chi connectivity index (χ1) is 14.1. The van der Waals surface area contributed by atoms with E-state index in [0.717, 1.165) is 12.8 Å². The second kappa shape index (κ2) is 10.5. The van der Waals surface area contributed by atoms with Gasteiger partial charge in [0.2, 0.25) is 11.8 Å². The van der Waals surface area contributed by atoms with E-state index in [1.807, 2.05) is 18.2 Å². The second-order valence-corrected chi connectivity index (χ2v) is 7.30. The van der Waals surface area contributed by atoms with Crippen LogP contribution in [0.4, 0.5) is 0 Å². The molecule has 1 saturated heterocycles. The number of rotatable bonds is 2. The molecule has 1 aromatic carbocycles. The molecule has 7 nitrogen and oxygen atoms in total. The molecular formula is C22H28N4O3. The molecule has 1 atom stereocenters. The highest BCUT2D eigenvalue weighted by Crippen LogP contribution is 2.24. The van der Waals surface area contributed by atoms with Gasteiger partial charge in [-0.2, -0.15) is 0 Å². The van der Waals surface area contributed by atoms with Gasteiger partial charge < -0.3 is 20.5 Å². The number of benzene rings is 1. The Morgan fingerprint density at radius 1 is 0.931 bits per heavy atom. The number of aromatic nitrogens is 1. The fourth-order valence-electron chi connectivity index (χ4n) is 3.60. The highest BCUT2D eigenvalue weighted by Gasteiger charge is 2.20. The summed E-state index contributed by atoms with van der Waals surface area (Å²) in [6, 6.07) is 13.5. The lowest BCUT2D eigenvalue weighted by Crippen LogP contribution is -2.42. The monoisotopic (exact) mass is 396 g/mol. The van der Waals surface area contributed by atoms with Gasteiger partial charge in [0.05, 0.1) is 6.54 Å². The fraction of sp³-hybridized carbons (Fsp3) is 0.409. The molecule has 0 spiro atoms. The van der Waals surface area contributed by atoms with Crippen LogP contribution in [-0.4, -0.2) is 53.8 Å².